The van der Waals surface area contributed by atoms with Crippen LogP contribution in [0.4, 0.5) is 13.2 Å². The van der Waals surface area contributed by atoms with Gasteiger partial charge in [-0.1, -0.05) is 6.92 Å². The van der Waals surface area contributed by atoms with Crippen LogP contribution in [0.15, 0.2) is 6.07 Å². The molecule has 1 aliphatic heterocycles. The molecule has 1 unspecified atom stereocenters. The zero-order valence-corrected chi connectivity index (χ0v) is 12.3. The summed E-state index contributed by atoms with van der Waals surface area (Å²) in [6, 6.07) is 0.924. The molecule has 0 spiro atoms. The number of halogens is 3. The van der Waals surface area contributed by atoms with Gasteiger partial charge in [0.1, 0.15) is 5.69 Å². The van der Waals surface area contributed by atoms with Crippen molar-refractivity contribution in [2.75, 3.05) is 6.54 Å². The summed E-state index contributed by atoms with van der Waals surface area (Å²) in [6.07, 6.45) is -2.90. The van der Waals surface area contributed by atoms with Crippen LogP contribution in [-0.4, -0.2) is 27.3 Å². The van der Waals surface area contributed by atoms with Gasteiger partial charge < -0.3 is 4.90 Å². The molecule has 0 radical (unpaired) electrons. The molecule has 7 heteroatoms. The van der Waals surface area contributed by atoms with Gasteiger partial charge in [0.2, 0.25) is 5.91 Å². The van der Waals surface area contributed by atoms with E-state index in [2.05, 4.69) is 9.97 Å². The highest BCUT2D eigenvalue weighted by Gasteiger charge is 2.44. The summed E-state index contributed by atoms with van der Waals surface area (Å²) >= 11 is 0. The quantitative estimate of drug-likeness (QED) is 0.843. The fraction of sp³-hybridized carbons (Fsp3) is 0.643. The molecular weight excluding hydrogens is 283 g/mol. The Bertz CT molecular complexity index is 559. The number of aromatic nitrogens is 2. The van der Waals surface area contributed by atoms with Crippen LogP contribution in [0, 0.1) is 6.92 Å². The van der Waals surface area contributed by atoms with Crippen molar-refractivity contribution in [2.24, 2.45) is 0 Å². The largest absolute Gasteiger partial charge is 0.433 e. The fourth-order valence-corrected chi connectivity index (χ4v) is 2.74. The first-order valence-electron chi connectivity index (χ1n) is 6.92. The first-order valence-corrected chi connectivity index (χ1v) is 6.92. The van der Waals surface area contributed by atoms with Gasteiger partial charge in [0.05, 0.1) is 5.54 Å². The van der Waals surface area contributed by atoms with Crippen molar-refractivity contribution in [3.63, 3.8) is 0 Å². The van der Waals surface area contributed by atoms with E-state index in [1.807, 2.05) is 0 Å². The summed E-state index contributed by atoms with van der Waals surface area (Å²) < 4.78 is 38.7. The standard InChI is InChI=1S/C14H18F3N3O/c1-4-11(21)20-7-5-6-13(20,3)12-18-9(2)8-10(19-12)14(15,16)17/h8H,4-7H2,1-3H3. The van der Waals surface area contributed by atoms with Gasteiger partial charge in [-0.05, 0) is 32.8 Å². The molecule has 1 aliphatic rings. The number of nitrogens with zero attached hydrogens (tertiary/aromatic N) is 3. The van der Waals surface area contributed by atoms with E-state index in [1.54, 1.807) is 18.7 Å². The van der Waals surface area contributed by atoms with Gasteiger partial charge in [0, 0.05) is 18.7 Å². The number of likely N-dealkylation sites (tertiary alicyclic amines) is 1. The maximum atomic E-state index is 12.9. The molecular formula is C14H18F3N3O. The Morgan fingerprint density at radius 1 is 1.43 bits per heavy atom. The van der Waals surface area contributed by atoms with Gasteiger partial charge in [0.25, 0.3) is 0 Å². The number of hydrogen-bond acceptors (Lipinski definition) is 3. The summed E-state index contributed by atoms with van der Waals surface area (Å²) in [5.41, 5.74) is -1.56. The third-order valence-corrected chi connectivity index (χ3v) is 3.87. The molecule has 1 atom stereocenters. The Kier molecular flexibility index (Phi) is 3.95. The van der Waals surface area contributed by atoms with Crippen LogP contribution >= 0.6 is 0 Å². The summed E-state index contributed by atoms with van der Waals surface area (Å²) in [5, 5.41) is 0. The normalized spacial score (nSPS) is 22.7. The average molecular weight is 301 g/mol. The lowest BCUT2D eigenvalue weighted by Crippen LogP contribution is -2.44. The zero-order valence-electron chi connectivity index (χ0n) is 12.3. The minimum Gasteiger partial charge on any atom is -0.330 e. The SMILES string of the molecule is CCC(=O)N1CCCC1(C)c1nc(C)cc(C(F)(F)F)n1. The number of carbonyl (C=O) groups excluding carboxylic acids is 1. The number of amides is 1. The third-order valence-electron chi connectivity index (χ3n) is 3.87. The molecule has 116 valence electrons. The Hall–Kier alpha value is -1.66. The molecule has 2 rings (SSSR count). The van der Waals surface area contributed by atoms with Crippen molar-refractivity contribution in [3.05, 3.63) is 23.3 Å². The third kappa shape index (κ3) is 2.87. The monoisotopic (exact) mass is 301 g/mol. The topological polar surface area (TPSA) is 46.1 Å². The minimum atomic E-state index is -4.52. The van der Waals surface area contributed by atoms with E-state index in [4.69, 9.17) is 0 Å². The molecule has 1 aromatic heterocycles. The van der Waals surface area contributed by atoms with Crippen LogP contribution in [0.2, 0.25) is 0 Å². The Labute approximate surface area is 121 Å². The first kappa shape index (κ1) is 15.7. The Morgan fingerprint density at radius 3 is 2.67 bits per heavy atom. The van der Waals surface area contributed by atoms with Crippen molar-refractivity contribution in [1.82, 2.24) is 14.9 Å². The predicted molar refractivity (Wildman–Crippen MR) is 70.4 cm³/mol. The fourth-order valence-electron chi connectivity index (χ4n) is 2.74. The minimum absolute atomic E-state index is 0.0779. The van der Waals surface area contributed by atoms with Gasteiger partial charge in [-0.25, -0.2) is 9.97 Å². The molecule has 0 aromatic carbocycles. The second-order valence-electron chi connectivity index (χ2n) is 5.49. The smallest absolute Gasteiger partial charge is 0.330 e. The molecule has 0 aliphatic carbocycles. The molecule has 4 nitrogen and oxygen atoms in total. The van der Waals surface area contributed by atoms with E-state index in [0.29, 0.717) is 19.4 Å². The number of rotatable bonds is 2. The molecule has 2 heterocycles. The van der Waals surface area contributed by atoms with E-state index in [-0.39, 0.29) is 17.4 Å². The number of aryl methyl sites for hydroxylation is 1. The maximum absolute atomic E-state index is 12.9. The molecule has 1 saturated heterocycles. The van der Waals surface area contributed by atoms with Gasteiger partial charge in [-0.2, -0.15) is 13.2 Å². The first-order chi connectivity index (χ1) is 9.68. The van der Waals surface area contributed by atoms with E-state index in [9.17, 15) is 18.0 Å². The maximum Gasteiger partial charge on any atom is 0.433 e. The van der Waals surface area contributed by atoms with Crippen molar-refractivity contribution >= 4 is 5.91 Å². The Balaban J connectivity index is 2.49. The lowest BCUT2D eigenvalue weighted by atomic mass is 9.97. The van der Waals surface area contributed by atoms with E-state index in [1.165, 1.54) is 6.92 Å². The van der Waals surface area contributed by atoms with Crippen molar-refractivity contribution in [3.8, 4) is 0 Å². The summed E-state index contributed by atoms with van der Waals surface area (Å²) in [5.74, 6) is -0.0113. The van der Waals surface area contributed by atoms with E-state index >= 15 is 0 Å². The highest BCUT2D eigenvalue weighted by molar-refractivity contribution is 5.77. The highest BCUT2D eigenvalue weighted by atomic mass is 19.4. The van der Waals surface area contributed by atoms with Gasteiger partial charge >= 0.3 is 6.18 Å². The second kappa shape index (κ2) is 5.27. The number of alkyl halides is 3. The predicted octanol–water partition coefficient (Wildman–Crippen LogP) is 3.05. The van der Waals surface area contributed by atoms with E-state index < -0.39 is 17.4 Å². The van der Waals surface area contributed by atoms with Crippen LogP contribution in [-0.2, 0) is 16.5 Å². The molecule has 0 N–H and O–H groups in total. The molecule has 21 heavy (non-hydrogen) atoms. The van der Waals surface area contributed by atoms with Gasteiger partial charge in [0.15, 0.2) is 5.82 Å². The van der Waals surface area contributed by atoms with Crippen LogP contribution in [0.5, 0.6) is 0 Å². The molecule has 0 saturated carbocycles. The van der Waals surface area contributed by atoms with Crippen molar-refractivity contribution < 1.29 is 18.0 Å². The number of hydrogen-bond donors (Lipinski definition) is 0. The summed E-state index contributed by atoms with van der Waals surface area (Å²) in [4.78, 5) is 21.5. The lowest BCUT2D eigenvalue weighted by molar-refractivity contribution is -0.141. The lowest BCUT2D eigenvalue weighted by Gasteiger charge is -2.34. The van der Waals surface area contributed by atoms with Gasteiger partial charge in [-0.15, -0.1) is 0 Å². The van der Waals surface area contributed by atoms with Crippen molar-refractivity contribution in [1.29, 1.82) is 0 Å². The number of carbonyl (C=O) groups is 1. The van der Waals surface area contributed by atoms with Crippen molar-refractivity contribution in [2.45, 2.75) is 51.7 Å². The van der Waals surface area contributed by atoms with Crippen LogP contribution in [0.1, 0.15) is 50.3 Å². The van der Waals surface area contributed by atoms with E-state index in [0.717, 1.165) is 12.5 Å². The molecule has 1 aromatic rings. The highest BCUT2D eigenvalue weighted by Crippen LogP contribution is 2.38. The van der Waals surface area contributed by atoms with Crippen LogP contribution < -0.4 is 0 Å². The van der Waals surface area contributed by atoms with Gasteiger partial charge in [-0.3, -0.25) is 4.79 Å². The molecule has 0 bridgehead atoms. The second-order valence-corrected chi connectivity index (χ2v) is 5.49. The summed E-state index contributed by atoms with van der Waals surface area (Å²) in [7, 11) is 0. The van der Waals surface area contributed by atoms with Crippen LogP contribution in [0.25, 0.3) is 0 Å². The molecule has 1 amide bonds. The Morgan fingerprint density at radius 2 is 2.10 bits per heavy atom. The molecule has 1 fully saturated rings. The average Bonchev–Trinajstić information content (AvgIpc) is 2.79. The van der Waals surface area contributed by atoms with Crippen LogP contribution in [0.3, 0.4) is 0 Å². The zero-order chi connectivity index (χ0) is 15.8. The summed E-state index contributed by atoms with van der Waals surface area (Å²) in [6.45, 7) is 5.51.